The molecule has 2 aromatic carbocycles. The predicted molar refractivity (Wildman–Crippen MR) is 114 cm³/mol. The summed E-state index contributed by atoms with van der Waals surface area (Å²) in [6.07, 6.45) is -4.92. The number of anilines is 2. The van der Waals surface area contributed by atoms with Crippen LogP contribution >= 0.6 is 0 Å². The Morgan fingerprint density at radius 1 is 1.09 bits per heavy atom. The standard InChI is InChI=1S/C22H19F4N5O/c23-20(24)22(25,26)32-15-5-3-4-14(12-15)28-10-11-31-13-17(16-6-1-2-7-19(16)31)18-8-9-29-21(27)30-18/h1-9,12-13,20,28H,10-11H2,(H2,27,29,30). The number of rotatable bonds is 8. The number of nitrogens with two attached hydrogens (primary N) is 1. The maximum Gasteiger partial charge on any atom is 0.461 e. The van der Waals surface area contributed by atoms with Gasteiger partial charge in [0, 0.05) is 53.7 Å². The lowest BCUT2D eigenvalue weighted by Crippen LogP contribution is -2.33. The summed E-state index contributed by atoms with van der Waals surface area (Å²) in [6.45, 7) is 0.984. The molecule has 4 rings (SSSR count). The van der Waals surface area contributed by atoms with Gasteiger partial charge in [0.2, 0.25) is 5.95 Å². The number of halogens is 4. The van der Waals surface area contributed by atoms with E-state index >= 15 is 0 Å². The summed E-state index contributed by atoms with van der Waals surface area (Å²) in [7, 11) is 0. The quantitative estimate of drug-likeness (QED) is 0.372. The molecule has 166 valence electrons. The van der Waals surface area contributed by atoms with Gasteiger partial charge in [-0.2, -0.15) is 17.6 Å². The molecule has 4 aromatic rings. The van der Waals surface area contributed by atoms with Gasteiger partial charge in [-0.1, -0.05) is 24.3 Å². The SMILES string of the molecule is Nc1nccc(-c2cn(CCNc3cccc(OC(F)(F)C(F)F)c3)c3ccccc23)n1. The number of aromatic nitrogens is 3. The van der Waals surface area contributed by atoms with E-state index < -0.39 is 12.5 Å². The average Bonchev–Trinajstić information content (AvgIpc) is 3.12. The van der Waals surface area contributed by atoms with Gasteiger partial charge in [-0.3, -0.25) is 0 Å². The van der Waals surface area contributed by atoms with Crippen LogP contribution in [-0.4, -0.2) is 33.6 Å². The Bertz CT molecular complexity index is 1230. The predicted octanol–water partition coefficient (Wildman–Crippen LogP) is 5.03. The van der Waals surface area contributed by atoms with E-state index in [2.05, 4.69) is 20.0 Å². The highest BCUT2D eigenvalue weighted by molar-refractivity contribution is 5.95. The molecule has 0 aliphatic carbocycles. The van der Waals surface area contributed by atoms with E-state index in [-0.39, 0.29) is 11.7 Å². The number of nitrogens with zero attached hydrogens (tertiary/aromatic N) is 3. The summed E-state index contributed by atoms with van der Waals surface area (Å²) < 4.78 is 57.2. The molecular weight excluding hydrogens is 426 g/mol. The van der Waals surface area contributed by atoms with Gasteiger partial charge in [-0.05, 0) is 24.3 Å². The van der Waals surface area contributed by atoms with Gasteiger partial charge in [0.15, 0.2) is 0 Å². The molecule has 0 spiro atoms. The summed E-state index contributed by atoms with van der Waals surface area (Å²) in [5, 5.41) is 4.09. The molecule has 0 fully saturated rings. The highest BCUT2D eigenvalue weighted by Gasteiger charge is 2.43. The topological polar surface area (TPSA) is 78.0 Å². The molecule has 3 N–H and O–H groups in total. The van der Waals surface area contributed by atoms with Crippen LogP contribution in [0.4, 0.5) is 29.2 Å². The molecule has 0 saturated heterocycles. The third-order valence-corrected chi connectivity index (χ3v) is 4.76. The van der Waals surface area contributed by atoms with Gasteiger partial charge < -0.3 is 20.4 Å². The molecular formula is C22H19F4N5O. The minimum absolute atomic E-state index is 0.181. The zero-order valence-corrected chi connectivity index (χ0v) is 16.7. The molecule has 0 amide bonds. The Labute approximate surface area is 180 Å². The first-order valence-corrected chi connectivity index (χ1v) is 9.69. The van der Waals surface area contributed by atoms with Crippen molar-refractivity contribution in [3.05, 3.63) is 67.0 Å². The van der Waals surface area contributed by atoms with Gasteiger partial charge in [-0.25, -0.2) is 9.97 Å². The Balaban J connectivity index is 1.49. The molecule has 10 heteroatoms. The van der Waals surface area contributed by atoms with Crippen molar-refractivity contribution in [3.63, 3.8) is 0 Å². The zero-order chi connectivity index (χ0) is 22.7. The minimum Gasteiger partial charge on any atom is -0.428 e. The van der Waals surface area contributed by atoms with Crippen LogP contribution < -0.4 is 15.8 Å². The Hall–Kier alpha value is -3.82. The summed E-state index contributed by atoms with van der Waals surface area (Å²) in [5.74, 6) is -0.170. The molecule has 6 nitrogen and oxygen atoms in total. The first-order chi connectivity index (χ1) is 15.3. The van der Waals surface area contributed by atoms with E-state index in [0.29, 0.717) is 24.5 Å². The highest BCUT2D eigenvalue weighted by atomic mass is 19.3. The first kappa shape index (κ1) is 21.4. The van der Waals surface area contributed by atoms with Crippen molar-refractivity contribution in [3.8, 4) is 17.0 Å². The first-order valence-electron chi connectivity index (χ1n) is 9.69. The van der Waals surface area contributed by atoms with Crippen molar-refractivity contribution in [1.29, 1.82) is 0 Å². The fraction of sp³-hybridized carbons (Fsp3) is 0.182. The van der Waals surface area contributed by atoms with E-state index in [0.717, 1.165) is 16.5 Å². The van der Waals surface area contributed by atoms with Crippen LogP contribution in [0.2, 0.25) is 0 Å². The average molecular weight is 445 g/mol. The third kappa shape index (κ3) is 4.58. The van der Waals surface area contributed by atoms with Gasteiger partial charge >= 0.3 is 12.5 Å². The number of alkyl halides is 4. The molecule has 0 radical (unpaired) electrons. The van der Waals surface area contributed by atoms with Crippen molar-refractivity contribution < 1.29 is 22.3 Å². The number of nitrogen functional groups attached to an aromatic ring is 1. The molecule has 0 aliphatic rings. The van der Waals surface area contributed by atoms with Crippen molar-refractivity contribution in [1.82, 2.24) is 14.5 Å². The second-order valence-corrected chi connectivity index (χ2v) is 6.97. The minimum atomic E-state index is -4.55. The van der Waals surface area contributed by atoms with Crippen LogP contribution in [0.1, 0.15) is 0 Å². The van der Waals surface area contributed by atoms with E-state index in [1.165, 1.54) is 18.2 Å². The van der Waals surface area contributed by atoms with Crippen LogP contribution in [0.15, 0.2) is 67.0 Å². The lowest BCUT2D eigenvalue weighted by atomic mass is 10.1. The van der Waals surface area contributed by atoms with Crippen LogP contribution in [0.3, 0.4) is 0 Å². The number of benzene rings is 2. The van der Waals surface area contributed by atoms with Crippen LogP contribution in [-0.2, 0) is 6.54 Å². The zero-order valence-electron chi connectivity index (χ0n) is 16.7. The fourth-order valence-corrected chi connectivity index (χ4v) is 3.35. The summed E-state index contributed by atoms with van der Waals surface area (Å²) in [6, 6.07) is 15.1. The van der Waals surface area contributed by atoms with Gasteiger partial charge in [0.05, 0.1) is 5.69 Å². The molecule has 2 aromatic heterocycles. The number of ether oxygens (including phenoxy) is 1. The van der Waals surface area contributed by atoms with E-state index in [1.807, 2.05) is 35.0 Å². The number of hydrogen-bond donors (Lipinski definition) is 2. The fourth-order valence-electron chi connectivity index (χ4n) is 3.35. The van der Waals surface area contributed by atoms with E-state index in [9.17, 15) is 17.6 Å². The maximum atomic E-state index is 13.1. The van der Waals surface area contributed by atoms with Gasteiger partial charge in [0.1, 0.15) is 5.75 Å². The summed E-state index contributed by atoms with van der Waals surface area (Å²) in [4.78, 5) is 8.22. The van der Waals surface area contributed by atoms with Crippen molar-refractivity contribution in [2.24, 2.45) is 0 Å². The van der Waals surface area contributed by atoms with Crippen molar-refractivity contribution in [2.45, 2.75) is 19.1 Å². The third-order valence-electron chi connectivity index (χ3n) is 4.76. The lowest BCUT2D eigenvalue weighted by molar-refractivity contribution is -0.253. The molecule has 2 heterocycles. The van der Waals surface area contributed by atoms with Crippen LogP contribution in [0.25, 0.3) is 22.2 Å². The number of nitrogens with one attached hydrogen (secondary N) is 1. The van der Waals surface area contributed by atoms with Crippen molar-refractivity contribution in [2.75, 3.05) is 17.6 Å². The molecule has 0 aliphatic heterocycles. The number of fused-ring (bicyclic) bond motifs is 1. The molecule has 32 heavy (non-hydrogen) atoms. The lowest BCUT2D eigenvalue weighted by Gasteiger charge is -2.17. The van der Waals surface area contributed by atoms with Gasteiger partial charge in [-0.15, -0.1) is 0 Å². The smallest absolute Gasteiger partial charge is 0.428 e. The van der Waals surface area contributed by atoms with E-state index in [1.54, 1.807) is 18.3 Å². The monoisotopic (exact) mass is 445 g/mol. The normalized spacial score (nSPS) is 11.8. The second-order valence-electron chi connectivity index (χ2n) is 6.97. The summed E-state index contributed by atoms with van der Waals surface area (Å²) in [5.41, 5.74) is 8.77. The number of para-hydroxylation sites is 1. The summed E-state index contributed by atoms with van der Waals surface area (Å²) >= 11 is 0. The Morgan fingerprint density at radius 2 is 1.91 bits per heavy atom. The Morgan fingerprint density at radius 3 is 2.69 bits per heavy atom. The molecule has 0 bridgehead atoms. The number of hydrogen-bond acceptors (Lipinski definition) is 5. The molecule has 0 atom stereocenters. The van der Waals surface area contributed by atoms with E-state index in [4.69, 9.17) is 5.73 Å². The Kier molecular flexibility index (Phi) is 5.85. The maximum absolute atomic E-state index is 13.1. The largest absolute Gasteiger partial charge is 0.461 e. The molecule has 0 unspecified atom stereocenters. The van der Waals surface area contributed by atoms with Crippen molar-refractivity contribution >= 4 is 22.5 Å². The second kappa shape index (κ2) is 8.74. The highest BCUT2D eigenvalue weighted by Crippen LogP contribution is 2.30. The van der Waals surface area contributed by atoms with Crippen LogP contribution in [0, 0.1) is 0 Å². The van der Waals surface area contributed by atoms with Gasteiger partial charge in [0.25, 0.3) is 0 Å². The molecule has 0 saturated carbocycles. The van der Waals surface area contributed by atoms with Crippen LogP contribution in [0.5, 0.6) is 5.75 Å².